The first-order valence-corrected chi connectivity index (χ1v) is 6.73. The standard InChI is InChI=1S/C16H18O6/c1-3-22-16(20)13(14(17)18)10-12(15(19)21-2)9-11-7-5-4-6-8-11/h4-9,13H,3,10H2,1-2H3,(H,17,18)/b12-9+. The molecule has 1 unspecified atom stereocenters. The molecule has 0 aliphatic rings. The van der Waals surface area contributed by atoms with Gasteiger partial charge in [-0.05, 0) is 18.6 Å². The topological polar surface area (TPSA) is 89.9 Å². The molecular weight excluding hydrogens is 288 g/mol. The summed E-state index contributed by atoms with van der Waals surface area (Å²) in [7, 11) is 1.20. The number of esters is 2. The van der Waals surface area contributed by atoms with E-state index in [1.807, 2.05) is 6.07 Å². The Hall–Kier alpha value is -2.63. The van der Waals surface area contributed by atoms with E-state index in [1.54, 1.807) is 31.2 Å². The molecule has 0 aliphatic carbocycles. The Kier molecular flexibility index (Phi) is 6.82. The Labute approximate surface area is 128 Å². The van der Waals surface area contributed by atoms with Crippen LogP contribution in [0.3, 0.4) is 0 Å². The zero-order valence-corrected chi connectivity index (χ0v) is 12.4. The fraction of sp³-hybridized carbons (Fsp3) is 0.312. The molecule has 118 valence electrons. The summed E-state index contributed by atoms with van der Waals surface area (Å²) in [6.07, 6.45) is 1.21. The zero-order chi connectivity index (χ0) is 16.5. The van der Waals surface area contributed by atoms with Crippen molar-refractivity contribution < 1.29 is 29.0 Å². The molecule has 0 radical (unpaired) electrons. The molecular formula is C16H18O6. The van der Waals surface area contributed by atoms with Crippen molar-refractivity contribution in [3.05, 3.63) is 41.5 Å². The van der Waals surface area contributed by atoms with Crippen LogP contribution in [0.25, 0.3) is 6.08 Å². The quantitative estimate of drug-likeness (QED) is 0.470. The van der Waals surface area contributed by atoms with Gasteiger partial charge in [0.2, 0.25) is 0 Å². The highest BCUT2D eigenvalue weighted by atomic mass is 16.5. The van der Waals surface area contributed by atoms with Crippen molar-refractivity contribution in [1.82, 2.24) is 0 Å². The number of ether oxygens (including phenoxy) is 2. The summed E-state index contributed by atoms with van der Waals surface area (Å²) >= 11 is 0. The lowest BCUT2D eigenvalue weighted by molar-refractivity contribution is -0.158. The molecule has 1 N–H and O–H groups in total. The fourth-order valence-corrected chi connectivity index (χ4v) is 1.82. The first-order chi connectivity index (χ1) is 10.5. The SMILES string of the molecule is CCOC(=O)C(C/C(=C\c1ccccc1)C(=O)OC)C(=O)O. The second-order valence-corrected chi connectivity index (χ2v) is 4.42. The van der Waals surface area contributed by atoms with E-state index in [4.69, 9.17) is 9.84 Å². The molecule has 0 saturated heterocycles. The minimum atomic E-state index is -1.45. The van der Waals surface area contributed by atoms with E-state index in [0.717, 1.165) is 0 Å². The highest BCUT2D eigenvalue weighted by molar-refractivity contribution is 5.99. The lowest BCUT2D eigenvalue weighted by atomic mass is 9.97. The molecule has 0 bridgehead atoms. The minimum Gasteiger partial charge on any atom is -0.481 e. The van der Waals surface area contributed by atoms with Crippen LogP contribution in [-0.4, -0.2) is 36.7 Å². The third-order valence-electron chi connectivity index (χ3n) is 2.88. The predicted octanol–water partition coefficient (Wildman–Crippen LogP) is 1.90. The summed E-state index contributed by atoms with van der Waals surface area (Å²) in [4.78, 5) is 34.8. The molecule has 1 aromatic rings. The summed E-state index contributed by atoms with van der Waals surface area (Å²) in [5.74, 6) is -4.35. The summed E-state index contributed by atoms with van der Waals surface area (Å²) in [5, 5.41) is 9.16. The van der Waals surface area contributed by atoms with Gasteiger partial charge in [0.15, 0.2) is 5.92 Å². The number of carboxylic acids is 1. The van der Waals surface area contributed by atoms with Crippen LogP contribution in [0.1, 0.15) is 18.9 Å². The number of aliphatic carboxylic acids is 1. The molecule has 0 saturated carbocycles. The monoisotopic (exact) mass is 306 g/mol. The van der Waals surface area contributed by atoms with E-state index < -0.39 is 23.8 Å². The second-order valence-electron chi connectivity index (χ2n) is 4.42. The summed E-state index contributed by atoms with van der Waals surface area (Å²) in [6.45, 7) is 1.65. The fourth-order valence-electron chi connectivity index (χ4n) is 1.82. The number of hydrogen-bond donors (Lipinski definition) is 1. The summed E-state index contributed by atoms with van der Waals surface area (Å²) in [5.41, 5.74) is 0.796. The molecule has 6 heteroatoms. The second kappa shape index (κ2) is 8.61. The highest BCUT2D eigenvalue weighted by Gasteiger charge is 2.30. The van der Waals surface area contributed by atoms with E-state index >= 15 is 0 Å². The average Bonchev–Trinajstić information content (AvgIpc) is 2.51. The van der Waals surface area contributed by atoms with Crippen molar-refractivity contribution in [3.63, 3.8) is 0 Å². The summed E-state index contributed by atoms with van der Waals surface area (Å²) < 4.78 is 9.38. The first-order valence-electron chi connectivity index (χ1n) is 6.73. The number of carbonyl (C=O) groups excluding carboxylic acids is 2. The lowest BCUT2D eigenvalue weighted by Gasteiger charge is -2.12. The number of methoxy groups -OCH3 is 1. The first kappa shape index (κ1) is 17.4. The van der Waals surface area contributed by atoms with Crippen molar-refractivity contribution in [2.75, 3.05) is 13.7 Å². The third kappa shape index (κ3) is 5.05. The maximum atomic E-state index is 11.8. The molecule has 0 aliphatic heterocycles. The van der Waals surface area contributed by atoms with Gasteiger partial charge in [-0.2, -0.15) is 0 Å². The van der Waals surface area contributed by atoms with Crippen molar-refractivity contribution in [1.29, 1.82) is 0 Å². The van der Waals surface area contributed by atoms with Crippen LogP contribution in [0, 0.1) is 5.92 Å². The smallest absolute Gasteiger partial charge is 0.333 e. The van der Waals surface area contributed by atoms with Gasteiger partial charge in [0.05, 0.1) is 13.7 Å². The number of benzene rings is 1. The van der Waals surface area contributed by atoms with E-state index in [-0.39, 0.29) is 18.6 Å². The van der Waals surface area contributed by atoms with Crippen LogP contribution >= 0.6 is 0 Å². The summed E-state index contributed by atoms with van der Waals surface area (Å²) in [6, 6.07) is 8.88. The van der Waals surface area contributed by atoms with E-state index in [1.165, 1.54) is 13.2 Å². The Bertz CT molecular complexity index is 561. The Morgan fingerprint density at radius 1 is 1.23 bits per heavy atom. The van der Waals surface area contributed by atoms with Gasteiger partial charge in [-0.1, -0.05) is 30.3 Å². The van der Waals surface area contributed by atoms with Gasteiger partial charge in [0.1, 0.15) is 0 Å². The van der Waals surface area contributed by atoms with Crippen LogP contribution in [-0.2, 0) is 23.9 Å². The number of carboxylic acid groups (broad SMARTS) is 1. The maximum Gasteiger partial charge on any atom is 0.333 e. The molecule has 0 fully saturated rings. The normalized spacial score (nSPS) is 12.4. The van der Waals surface area contributed by atoms with Gasteiger partial charge in [-0.25, -0.2) is 4.79 Å². The molecule has 0 spiro atoms. The van der Waals surface area contributed by atoms with Gasteiger partial charge in [0.25, 0.3) is 0 Å². The Morgan fingerprint density at radius 2 is 1.86 bits per heavy atom. The number of rotatable bonds is 7. The van der Waals surface area contributed by atoms with Crippen LogP contribution in [0.5, 0.6) is 0 Å². The molecule has 0 amide bonds. The molecule has 0 heterocycles. The Morgan fingerprint density at radius 3 is 2.36 bits per heavy atom. The minimum absolute atomic E-state index is 0.0680. The van der Waals surface area contributed by atoms with Crippen molar-refractivity contribution in [2.24, 2.45) is 5.92 Å². The van der Waals surface area contributed by atoms with Crippen LogP contribution in [0.15, 0.2) is 35.9 Å². The van der Waals surface area contributed by atoms with Crippen molar-refractivity contribution in [3.8, 4) is 0 Å². The molecule has 6 nitrogen and oxygen atoms in total. The molecule has 1 rings (SSSR count). The van der Waals surface area contributed by atoms with E-state index in [2.05, 4.69) is 4.74 Å². The van der Waals surface area contributed by atoms with E-state index in [9.17, 15) is 14.4 Å². The van der Waals surface area contributed by atoms with Crippen LogP contribution in [0.4, 0.5) is 0 Å². The third-order valence-corrected chi connectivity index (χ3v) is 2.88. The van der Waals surface area contributed by atoms with Gasteiger partial charge in [-0.3, -0.25) is 9.59 Å². The Balaban J connectivity index is 3.06. The van der Waals surface area contributed by atoms with Gasteiger partial charge < -0.3 is 14.6 Å². The molecule has 22 heavy (non-hydrogen) atoms. The lowest BCUT2D eigenvalue weighted by Crippen LogP contribution is -2.27. The molecule has 1 aromatic carbocycles. The van der Waals surface area contributed by atoms with Crippen LogP contribution in [0.2, 0.25) is 0 Å². The number of hydrogen-bond acceptors (Lipinski definition) is 5. The van der Waals surface area contributed by atoms with Gasteiger partial charge in [-0.15, -0.1) is 0 Å². The highest BCUT2D eigenvalue weighted by Crippen LogP contribution is 2.19. The zero-order valence-electron chi connectivity index (χ0n) is 12.4. The van der Waals surface area contributed by atoms with Crippen molar-refractivity contribution >= 4 is 24.0 Å². The molecule has 0 aromatic heterocycles. The largest absolute Gasteiger partial charge is 0.481 e. The predicted molar refractivity (Wildman–Crippen MR) is 78.8 cm³/mol. The maximum absolute atomic E-state index is 11.8. The average molecular weight is 306 g/mol. The molecule has 1 atom stereocenters. The van der Waals surface area contributed by atoms with Gasteiger partial charge in [0, 0.05) is 12.0 Å². The van der Waals surface area contributed by atoms with Crippen molar-refractivity contribution in [2.45, 2.75) is 13.3 Å². The van der Waals surface area contributed by atoms with E-state index in [0.29, 0.717) is 5.56 Å². The van der Waals surface area contributed by atoms with Crippen LogP contribution < -0.4 is 0 Å². The number of carbonyl (C=O) groups is 3. The van der Waals surface area contributed by atoms with Gasteiger partial charge >= 0.3 is 17.9 Å².